The van der Waals surface area contributed by atoms with Crippen molar-refractivity contribution in [2.45, 2.75) is 31.8 Å². The molecule has 2 aromatic carbocycles. The van der Waals surface area contributed by atoms with Crippen LogP contribution in [-0.4, -0.2) is 48.2 Å². The van der Waals surface area contributed by atoms with E-state index >= 15 is 0 Å². The number of likely N-dealkylation sites (tertiary alicyclic amines) is 1. The number of aliphatic hydroxyl groups is 1. The number of aliphatic hydroxyl groups excluding tert-OH is 1. The molecule has 1 unspecified atom stereocenters. The van der Waals surface area contributed by atoms with Gasteiger partial charge in [-0.25, -0.2) is 8.78 Å². The number of rotatable bonds is 8. The smallest absolute Gasteiger partial charge is 0.188 e. The summed E-state index contributed by atoms with van der Waals surface area (Å²) in [4.78, 5) is 6.74. The summed E-state index contributed by atoms with van der Waals surface area (Å²) in [5, 5.41) is 12.8. The summed E-state index contributed by atoms with van der Waals surface area (Å²) in [7, 11) is 0. The second-order valence-corrected chi connectivity index (χ2v) is 7.89. The molecular weight excluding hydrogens is 466 g/mol. The maximum Gasteiger partial charge on any atom is 0.188 e. The van der Waals surface area contributed by atoms with Crippen LogP contribution >= 0.6 is 17.0 Å². The lowest BCUT2D eigenvalue weighted by atomic mass is 9.99. The molecule has 1 fully saturated rings. The predicted molar refractivity (Wildman–Crippen MR) is 125 cm³/mol. The summed E-state index contributed by atoms with van der Waals surface area (Å²) in [6, 6.07) is 14.0. The van der Waals surface area contributed by atoms with E-state index in [-0.39, 0.29) is 54.1 Å². The molecule has 0 bridgehead atoms. The Labute approximate surface area is 193 Å². The van der Waals surface area contributed by atoms with E-state index in [1.165, 1.54) is 5.56 Å². The lowest BCUT2D eigenvalue weighted by molar-refractivity contribution is 0.198. The molecule has 0 amide bonds. The molecule has 4 N–H and O–H groups in total. The molecule has 1 saturated heterocycles. The van der Waals surface area contributed by atoms with Gasteiger partial charge in [0, 0.05) is 44.7 Å². The average Bonchev–Trinajstić information content (AvgIpc) is 2.75. The van der Waals surface area contributed by atoms with Gasteiger partial charge in [-0.05, 0) is 48.6 Å². The molecule has 1 aliphatic heterocycles. The van der Waals surface area contributed by atoms with Gasteiger partial charge in [-0.1, -0.05) is 30.3 Å². The zero-order valence-electron chi connectivity index (χ0n) is 17.5. The van der Waals surface area contributed by atoms with Crippen LogP contribution in [0.15, 0.2) is 53.5 Å². The largest absolute Gasteiger partial charge is 0.396 e. The summed E-state index contributed by atoms with van der Waals surface area (Å²) < 4.78 is 27.2. The second-order valence-electron chi connectivity index (χ2n) is 7.89. The van der Waals surface area contributed by atoms with Crippen molar-refractivity contribution in [2.75, 3.05) is 26.2 Å². The molecule has 0 saturated carbocycles. The molecule has 0 aliphatic carbocycles. The third kappa shape index (κ3) is 8.20. The van der Waals surface area contributed by atoms with Crippen LogP contribution in [0.5, 0.6) is 0 Å². The van der Waals surface area contributed by atoms with Gasteiger partial charge in [0.25, 0.3) is 0 Å². The minimum Gasteiger partial charge on any atom is -0.396 e. The fourth-order valence-electron chi connectivity index (χ4n) is 3.76. The van der Waals surface area contributed by atoms with Gasteiger partial charge in [-0.2, -0.15) is 0 Å². The molecule has 0 spiro atoms. The van der Waals surface area contributed by atoms with Crippen LogP contribution in [0.1, 0.15) is 24.0 Å². The first kappa shape index (κ1) is 25.2. The van der Waals surface area contributed by atoms with Gasteiger partial charge in [-0.15, -0.1) is 17.0 Å². The van der Waals surface area contributed by atoms with Crippen molar-refractivity contribution in [1.82, 2.24) is 10.2 Å². The highest BCUT2D eigenvalue weighted by molar-refractivity contribution is 8.93. The SMILES string of the molecule is Br.NC(=NCC(CO)Cc1cc(F)ccc1F)NC1CCN(Cc2ccccc2)CC1. The highest BCUT2D eigenvalue weighted by Crippen LogP contribution is 2.16. The number of aliphatic imine (C=N–C) groups is 1. The molecule has 5 nitrogen and oxygen atoms in total. The molecule has 2 aromatic rings. The van der Waals surface area contributed by atoms with Crippen LogP contribution in [0.4, 0.5) is 8.78 Å². The molecule has 31 heavy (non-hydrogen) atoms. The van der Waals surface area contributed by atoms with E-state index in [4.69, 9.17) is 5.73 Å². The number of nitrogens with zero attached hydrogens (tertiary/aromatic N) is 2. The Morgan fingerprint density at radius 1 is 1.16 bits per heavy atom. The Balaban J connectivity index is 0.00000341. The molecular formula is C23H31BrF2N4O. The van der Waals surface area contributed by atoms with Gasteiger partial charge in [0.05, 0.1) is 0 Å². The van der Waals surface area contributed by atoms with E-state index in [1.54, 1.807) is 0 Å². The summed E-state index contributed by atoms with van der Waals surface area (Å²) in [5.41, 5.74) is 7.57. The third-order valence-electron chi connectivity index (χ3n) is 5.48. The quantitative estimate of drug-likeness (QED) is 0.387. The van der Waals surface area contributed by atoms with E-state index in [0.717, 1.165) is 50.7 Å². The van der Waals surface area contributed by atoms with Crippen molar-refractivity contribution in [2.24, 2.45) is 16.6 Å². The molecule has 0 aromatic heterocycles. The lowest BCUT2D eigenvalue weighted by Crippen LogP contribution is -2.47. The Bertz CT molecular complexity index is 830. The van der Waals surface area contributed by atoms with E-state index in [1.807, 2.05) is 6.07 Å². The van der Waals surface area contributed by atoms with Crippen molar-refractivity contribution in [3.05, 3.63) is 71.3 Å². The topological polar surface area (TPSA) is 73.9 Å². The minimum atomic E-state index is -0.494. The number of benzene rings is 2. The fourth-order valence-corrected chi connectivity index (χ4v) is 3.76. The summed E-state index contributed by atoms with van der Waals surface area (Å²) in [6.45, 7) is 2.99. The summed E-state index contributed by atoms with van der Waals surface area (Å²) in [6.07, 6.45) is 2.15. The number of hydrogen-bond acceptors (Lipinski definition) is 3. The van der Waals surface area contributed by atoms with Gasteiger partial charge in [0.1, 0.15) is 11.6 Å². The Hall–Kier alpha value is -2.03. The minimum absolute atomic E-state index is 0. The van der Waals surface area contributed by atoms with Crippen LogP contribution in [0.2, 0.25) is 0 Å². The highest BCUT2D eigenvalue weighted by Gasteiger charge is 2.20. The van der Waals surface area contributed by atoms with Crippen molar-refractivity contribution in [3.63, 3.8) is 0 Å². The predicted octanol–water partition coefficient (Wildman–Crippen LogP) is 3.26. The monoisotopic (exact) mass is 496 g/mol. The number of halogens is 3. The van der Waals surface area contributed by atoms with E-state index < -0.39 is 11.6 Å². The van der Waals surface area contributed by atoms with E-state index in [2.05, 4.69) is 39.5 Å². The summed E-state index contributed by atoms with van der Waals surface area (Å²) in [5.74, 6) is -0.970. The van der Waals surface area contributed by atoms with Gasteiger partial charge < -0.3 is 16.2 Å². The number of hydrogen-bond donors (Lipinski definition) is 3. The molecule has 1 aliphatic rings. The first-order valence-corrected chi connectivity index (χ1v) is 10.4. The number of guanidine groups is 1. The Kier molecular flexibility index (Phi) is 10.4. The maximum atomic E-state index is 13.8. The van der Waals surface area contributed by atoms with Crippen LogP contribution < -0.4 is 11.1 Å². The Morgan fingerprint density at radius 3 is 2.55 bits per heavy atom. The van der Waals surface area contributed by atoms with Crippen LogP contribution in [0.25, 0.3) is 0 Å². The van der Waals surface area contributed by atoms with Gasteiger partial charge in [-0.3, -0.25) is 9.89 Å². The first-order chi connectivity index (χ1) is 14.5. The number of nitrogens with two attached hydrogens (primary N) is 1. The molecule has 8 heteroatoms. The number of nitrogens with one attached hydrogen (secondary N) is 1. The summed E-state index contributed by atoms with van der Waals surface area (Å²) >= 11 is 0. The molecule has 1 heterocycles. The molecule has 170 valence electrons. The zero-order chi connectivity index (χ0) is 21.3. The van der Waals surface area contributed by atoms with Crippen molar-refractivity contribution in [1.29, 1.82) is 0 Å². The van der Waals surface area contributed by atoms with Crippen molar-refractivity contribution in [3.8, 4) is 0 Å². The standard InChI is InChI=1S/C23H30F2N4O.BrH/c24-20-6-7-22(25)19(13-20)12-18(16-30)14-27-23(26)28-21-8-10-29(11-9-21)15-17-4-2-1-3-5-17;/h1-7,13,18,21,30H,8-12,14-16H2,(H3,26,27,28);1H. The lowest BCUT2D eigenvalue weighted by Gasteiger charge is -2.32. The zero-order valence-corrected chi connectivity index (χ0v) is 19.2. The average molecular weight is 497 g/mol. The normalized spacial score (nSPS) is 16.5. The van der Waals surface area contributed by atoms with Crippen LogP contribution in [0.3, 0.4) is 0 Å². The molecule has 0 radical (unpaired) electrons. The first-order valence-electron chi connectivity index (χ1n) is 10.4. The molecule has 3 rings (SSSR count). The molecule has 1 atom stereocenters. The van der Waals surface area contributed by atoms with Gasteiger partial charge in [0.15, 0.2) is 5.96 Å². The third-order valence-corrected chi connectivity index (χ3v) is 5.48. The van der Waals surface area contributed by atoms with Crippen LogP contribution in [-0.2, 0) is 13.0 Å². The maximum absolute atomic E-state index is 13.8. The van der Waals surface area contributed by atoms with E-state index in [0.29, 0.717) is 5.96 Å². The highest BCUT2D eigenvalue weighted by atomic mass is 79.9. The van der Waals surface area contributed by atoms with Crippen molar-refractivity contribution < 1.29 is 13.9 Å². The van der Waals surface area contributed by atoms with E-state index in [9.17, 15) is 13.9 Å². The fraction of sp³-hybridized carbons (Fsp3) is 0.435. The Morgan fingerprint density at radius 2 is 1.87 bits per heavy atom. The number of piperidine rings is 1. The van der Waals surface area contributed by atoms with Crippen LogP contribution in [0, 0.1) is 17.6 Å². The van der Waals surface area contributed by atoms with Gasteiger partial charge in [0.2, 0.25) is 0 Å². The van der Waals surface area contributed by atoms with Gasteiger partial charge >= 0.3 is 0 Å². The second kappa shape index (κ2) is 12.7. The van der Waals surface area contributed by atoms with Crippen molar-refractivity contribution >= 4 is 22.9 Å².